The summed E-state index contributed by atoms with van der Waals surface area (Å²) in [6, 6.07) is 10.1. The average molecular weight is 361 g/mol. The fraction of sp³-hybridized carbons (Fsp3) is 0.263. The van der Waals surface area contributed by atoms with Crippen LogP contribution < -0.4 is 10.5 Å². The molecule has 1 aliphatic rings. The van der Waals surface area contributed by atoms with Crippen LogP contribution in [-0.2, 0) is 13.0 Å². The van der Waals surface area contributed by atoms with Crippen molar-refractivity contribution in [2.45, 2.75) is 32.7 Å². The molecule has 0 saturated heterocycles. The van der Waals surface area contributed by atoms with Gasteiger partial charge in [0.25, 0.3) is 0 Å². The molecular formula is C19H19N7O. The fourth-order valence-electron chi connectivity index (χ4n) is 3.44. The van der Waals surface area contributed by atoms with Gasteiger partial charge in [-0.1, -0.05) is 19.1 Å². The van der Waals surface area contributed by atoms with Gasteiger partial charge in [0, 0.05) is 6.54 Å². The molecule has 0 spiro atoms. The molecule has 3 heterocycles. The molecule has 1 atom stereocenters. The van der Waals surface area contributed by atoms with Gasteiger partial charge in [0.1, 0.15) is 24.3 Å². The van der Waals surface area contributed by atoms with E-state index in [0.29, 0.717) is 18.0 Å². The third kappa shape index (κ3) is 2.64. The maximum absolute atomic E-state index is 9.73. The summed E-state index contributed by atoms with van der Waals surface area (Å²) in [5, 5.41) is 18.5. The first kappa shape index (κ1) is 16.8. The first-order chi connectivity index (χ1) is 13.2. The monoisotopic (exact) mass is 361 g/mol. The zero-order valence-electron chi connectivity index (χ0n) is 15.1. The van der Waals surface area contributed by atoms with Gasteiger partial charge in [-0.25, -0.2) is 14.3 Å². The Morgan fingerprint density at radius 2 is 2.04 bits per heavy atom. The smallest absolute Gasteiger partial charge is 0.224 e. The van der Waals surface area contributed by atoms with E-state index in [1.165, 1.54) is 6.33 Å². The molecule has 136 valence electrons. The summed E-state index contributed by atoms with van der Waals surface area (Å²) in [5.74, 6) is 0.447. The van der Waals surface area contributed by atoms with E-state index in [0.717, 1.165) is 28.9 Å². The molecule has 2 N–H and O–H groups in total. The topological polar surface area (TPSA) is 108 Å². The number of ether oxygens (including phenoxy) is 1. The number of fused-ring (bicyclic) bond motifs is 1. The summed E-state index contributed by atoms with van der Waals surface area (Å²) in [4.78, 5) is 3.97. The molecular weight excluding hydrogens is 342 g/mol. The Bertz CT molecular complexity index is 1040. The second kappa shape index (κ2) is 6.61. The molecule has 27 heavy (non-hydrogen) atoms. The highest BCUT2D eigenvalue weighted by Gasteiger charge is 2.36. The number of aryl methyl sites for hydroxylation is 2. The van der Waals surface area contributed by atoms with Crippen LogP contribution in [0.2, 0.25) is 0 Å². The Kier molecular flexibility index (Phi) is 4.12. The maximum atomic E-state index is 9.73. The van der Waals surface area contributed by atoms with E-state index in [-0.39, 0.29) is 11.8 Å². The van der Waals surface area contributed by atoms with Gasteiger partial charge in [0.05, 0.1) is 22.9 Å². The summed E-state index contributed by atoms with van der Waals surface area (Å²) >= 11 is 0. The highest BCUT2D eigenvalue weighted by Crippen LogP contribution is 2.44. The van der Waals surface area contributed by atoms with Crippen LogP contribution in [0.4, 0.5) is 0 Å². The number of benzene rings is 1. The standard InChI is InChI=1S/C19H19N7O/c1-3-15-17-16(12-5-7-13(8-6-12)26-11-22-10-23-26)14(9-20)18(21)27-19(17)25(4-2)24-15/h5-8,10-11,16H,3-4,21H2,1-2H3. The minimum absolute atomic E-state index is 0.132. The van der Waals surface area contributed by atoms with Crippen molar-refractivity contribution in [2.75, 3.05) is 0 Å². The van der Waals surface area contributed by atoms with Crippen molar-refractivity contribution in [3.8, 4) is 17.6 Å². The number of aromatic nitrogens is 5. The van der Waals surface area contributed by atoms with Crippen LogP contribution in [0.25, 0.3) is 5.69 Å². The quantitative estimate of drug-likeness (QED) is 0.764. The lowest BCUT2D eigenvalue weighted by atomic mass is 9.83. The van der Waals surface area contributed by atoms with Gasteiger partial charge in [0.2, 0.25) is 11.8 Å². The third-order valence-electron chi connectivity index (χ3n) is 4.73. The second-order valence-corrected chi connectivity index (χ2v) is 6.19. The molecule has 0 radical (unpaired) electrons. The van der Waals surface area contributed by atoms with E-state index in [1.807, 2.05) is 38.1 Å². The summed E-state index contributed by atoms with van der Waals surface area (Å²) < 4.78 is 9.27. The van der Waals surface area contributed by atoms with Gasteiger partial charge in [-0.05, 0) is 31.0 Å². The molecule has 1 unspecified atom stereocenters. The summed E-state index contributed by atoms with van der Waals surface area (Å²) in [6.07, 6.45) is 3.87. The van der Waals surface area contributed by atoms with Crippen molar-refractivity contribution in [1.29, 1.82) is 5.26 Å². The zero-order chi connectivity index (χ0) is 19.0. The predicted octanol–water partition coefficient (Wildman–Crippen LogP) is 2.26. The number of hydrogen-bond donors (Lipinski definition) is 1. The average Bonchev–Trinajstić information content (AvgIpc) is 3.35. The van der Waals surface area contributed by atoms with Crippen LogP contribution >= 0.6 is 0 Å². The Labute approximate surface area is 156 Å². The molecule has 0 saturated carbocycles. The minimum atomic E-state index is -0.307. The molecule has 1 aliphatic heterocycles. The lowest BCUT2D eigenvalue weighted by Gasteiger charge is -2.25. The molecule has 3 aromatic rings. The van der Waals surface area contributed by atoms with Crippen molar-refractivity contribution in [3.63, 3.8) is 0 Å². The molecule has 2 aromatic heterocycles. The number of hydrogen-bond acceptors (Lipinski definition) is 6. The fourth-order valence-corrected chi connectivity index (χ4v) is 3.44. The molecule has 0 aliphatic carbocycles. The van der Waals surface area contributed by atoms with Crippen molar-refractivity contribution in [3.05, 3.63) is 65.2 Å². The largest absolute Gasteiger partial charge is 0.422 e. The van der Waals surface area contributed by atoms with Crippen LogP contribution in [0.5, 0.6) is 5.88 Å². The van der Waals surface area contributed by atoms with E-state index in [1.54, 1.807) is 15.7 Å². The molecule has 4 rings (SSSR count). The van der Waals surface area contributed by atoms with Gasteiger partial charge in [-0.3, -0.25) is 0 Å². The Morgan fingerprint density at radius 3 is 2.63 bits per heavy atom. The summed E-state index contributed by atoms with van der Waals surface area (Å²) in [5.41, 5.74) is 10.2. The second-order valence-electron chi connectivity index (χ2n) is 6.19. The Hall–Kier alpha value is -3.60. The lowest BCUT2D eigenvalue weighted by Crippen LogP contribution is -2.22. The van der Waals surface area contributed by atoms with E-state index in [2.05, 4.69) is 21.3 Å². The molecule has 0 fully saturated rings. The van der Waals surface area contributed by atoms with E-state index < -0.39 is 0 Å². The normalized spacial score (nSPS) is 16.0. The number of nitriles is 1. The summed E-state index contributed by atoms with van der Waals surface area (Å²) in [6.45, 7) is 4.70. The van der Waals surface area contributed by atoms with Crippen LogP contribution in [0, 0.1) is 11.3 Å². The molecule has 8 heteroatoms. The number of nitrogens with two attached hydrogens (primary N) is 1. The van der Waals surface area contributed by atoms with E-state index in [4.69, 9.17) is 10.5 Å². The van der Waals surface area contributed by atoms with Crippen molar-refractivity contribution < 1.29 is 4.74 Å². The SMILES string of the molecule is CCc1nn(CC)c2c1C(c1ccc(-n3cncn3)cc1)C(C#N)=C(N)O2. The third-order valence-corrected chi connectivity index (χ3v) is 4.73. The van der Waals surface area contributed by atoms with Gasteiger partial charge in [0.15, 0.2) is 0 Å². The maximum Gasteiger partial charge on any atom is 0.224 e. The molecule has 0 amide bonds. The van der Waals surface area contributed by atoms with Gasteiger partial charge < -0.3 is 10.5 Å². The van der Waals surface area contributed by atoms with Gasteiger partial charge in [-0.15, -0.1) is 0 Å². The number of nitrogens with zero attached hydrogens (tertiary/aromatic N) is 6. The number of allylic oxidation sites excluding steroid dienone is 1. The number of rotatable bonds is 4. The first-order valence-corrected chi connectivity index (χ1v) is 8.80. The van der Waals surface area contributed by atoms with Crippen LogP contribution in [0.1, 0.15) is 36.6 Å². The van der Waals surface area contributed by atoms with Gasteiger partial charge >= 0.3 is 0 Å². The highest BCUT2D eigenvalue weighted by atomic mass is 16.5. The van der Waals surface area contributed by atoms with Crippen LogP contribution in [0.15, 0.2) is 48.4 Å². The molecule has 1 aromatic carbocycles. The Morgan fingerprint density at radius 1 is 1.26 bits per heavy atom. The van der Waals surface area contributed by atoms with Crippen LogP contribution in [-0.4, -0.2) is 24.5 Å². The van der Waals surface area contributed by atoms with Crippen LogP contribution in [0.3, 0.4) is 0 Å². The van der Waals surface area contributed by atoms with Crippen molar-refractivity contribution in [1.82, 2.24) is 24.5 Å². The lowest BCUT2D eigenvalue weighted by molar-refractivity contribution is 0.350. The molecule has 8 nitrogen and oxygen atoms in total. The van der Waals surface area contributed by atoms with Crippen molar-refractivity contribution in [2.24, 2.45) is 5.73 Å². The Balaban J connectivity index is 1.86. The summed E-state index contributed by atoms with van der Waals surface area (Å²) in [7, 11) is 0. The van der Waals surface area contributed by atoms with Gasteiger partial charge in [-0.2, -0.15) is 15.5 Å². The van der Waals surface area contributed by atoms with E-state index in [9.17, 15) is 5.26 Å². The predicted molar refractivity (Wildman–Crippen MR) is 97.9 cm³/mol. The first-order valence-electron chi connectivity index (χ1n) is 8.80. The van der Waals surface area contributed by atoms with E-state index >= 15 is 0 Å². The highest BCUT2D eigenvalue weighted by molar-refractivity contribution is 5.56. The molecule has 0 bridgehead atoms. The van der Waals surface area contributed by atoms with Crippen molar-refractivity contribution >= 4 is 0 Å². The zero-order valence-corrected chi connectivity index (χ0v) is 15.1. The minimum Gasteiger partial charge on any atom is -0.422 e.